The Kier molecular flexibility index (Phi) is 5.10. The van der Waals surface area contributed by atoms with Crippen LogP contribution >= 0.6 is 0 Å². The minimum Gasteiger partial charge on any atom is -0.435 e. The Labute approximate surface area is 100 Å². The van der Waals surface area contributed by atoms with Crippen molar-refractivity contribution in [2.24, 2.45) is 5.73 Å². The van der Waals surface area contributed by atoms with E-state index < -0.39 is 6.61 Å². The molecule has 1 atom stereocenters. The van der Waals surface area contributed by atoms with Gasteiger partial charge in [-0.2, -0.15) is 8.78 Å². The zero-order valence-electron chi connectivity index (χ0n) is 9.83. The lowest BCUT2D eigenvalue weighted by Crippen LogP contribution is -2.11. The van der Waals surface area contributed by atoms with E-state index in [1.165, 1.54) is 12.1 Å². The van der Waals surface area contributed by atoms with E-state index in [-0.39, 0.29) is 11.8 Å². The van der Waals surface area contributed by atoms with Crippen molar-refractivity contribution >= 4 is 0 Å². The second-order valence-electron chi connectivity index (χ2n) is 3.86. The molecule has 1 rings (SSSR count). The van der Waals surface area contributed by atoms with E-state index in [2.05, 4.69) is 11.3 Å². The molecule has 17 heavy (non-hydrogen) atoms. The summed E-state index contributed by atoms with van der Waals surface area (Å²) < 4.78 is 28.1. The minimum atomic E-state index is -2.80. The van der Waals surface area contributed by atoms with Crippen molar-refractivity contribution in [1.82, 2.24) is 0 Å². The number of benzene rings is 1. The highest BCUT2D eigenvalue weighted by molar-refractivity contribution is 5.29. The van der Waals surface area contributed by atoms with E-state index >= 15 is 0 Å². The molecule has 94 valence electrons. The van der Waals surface area contributed by atoms with Crippen molar-refractivity contribution in [3.05, 3.63) is 42.0 Å². The zero-order valence-corrected chi connectivity index (χ0v) is 9.83. The normalized spacial score (nSPS) is 12.5. The van der Waals surface area contributed by atoms with Gasteiger partial charge in [0.15, 0.2) is 0 Å². The van der Waals surface area contributed by atoms with Crippen molar-refractivity contribution in [1.29, 1.82) is 0 Å². The van der Waals surface area contributed by atoms with E-state index in [0.717, 1.165) is 17.6 Å². The van der Waals surface area contributed by atoms with Gasteiger partial charge in [0.25, 0.3) is 0 Å². The van der Waals surface area contributed by atoms with Gasteiger partial charge in [0, 0.05) is 6.04 Å². The average Bonchev–Trinajstić information content (AvgIpc) is 2.28. The fraction of sp³-hybridized carbons (Fsp3) is 0.385. The third kappa shape index (κ3) is 4.53. The first-order valence-corrected chi connectivity index (χ1v) is 5.50. The van der Waals surface area contributed by atoms with Gasteiger partial charge in [-0.25, -0.2) is 0 Å². The van der Waals surface area contributed by atoms with E-state index in [4.69, 9.17) is 5.73 Å². The molecule has 0 aliphatic heterocycles. The topological polar surface area (TPSA) is 35.2 Å². The highest BCUT2D eigenvalue weighted by Gasteiger charge is 2.08. The number of ether oxygens (including phenoxy) is 1. The van der Waals surface area contributed by atoms with Gasteiger partial charge >= 0.3 is 6.61 Å². The molecule has 1 aromatic rings. The van der Waals surface area contributed by atoms with Crippen LogP contribution in [0.1, 0.15) is 31.4 Å². The number of rotatable bonds is 6. The van der Waals surface area contributed by atoms with E-state index in [9.17, 15) is 8.78 Å². The molecule has 0 bridgehead atoms. The maximum absolute atomic E-state index is 11.9. The summed E-state index contributed by atoms with van der Waals surface area (Å²) in [7, 11) is 0. The molecule has 0 radical (unpaired) electrons. The molecule has 0 heterocycles. The Bertz CT molecular complexity index is 362. The predicted octanol–water partition coefficient (Wildman–Crippen LogP) is 3.64. The summed E-state index contributed by atoms with van der Waals surface area (Å²) in [4.78, 5) is 0. The second kappa shape index (κ2) is 6.35. The van der Waals surface area contributed by atoms with Crippen molar-refractivity contribution in [2.75, 3.05) is 0 Å². The molecule has 0 saturated heterocycles. The van der Waals surface area contributed by atoms with E-state index in [1.807, 2.05) is 6.92 Å². The lowest BCUT2D eigenvalue weighted by Gasteiger charge is -2.13. The predicted molar refractivity (Wildman–Crippen MR) is 64.1 cm³/mol. The second-order valence-corrected chi connectivity index (χ2v) is 3.86. The first kappa shape index (κ1) is 13.6. The van der Waals surface area contributed by atoms with Gasteiger partial charge in [0.1, 0.15) is 5.75 Å². The smallest absolute Gasteiger partial charge is 0.387 e. The van der Waals surface area contributed by atoms with Crippen LogP contribution in [0.2, 0.25) is 0 Å². The minimum absolute atomic E-state index is 0.144. The van der Waals surface area contributed by atoms with Crippen LogP contribution in [-0.2, 0) is 0 Å². The largest absolute Gasteiger partial charge is 0.435 e. The third-order valence-corrected chi connectivity index (χ3v) is 2.54. The van der Waals surface area contributed by atoms with Crippen molar-refractivity contribution in [2.45, 2.75) is 32.4 Å². The summed E-state index contributed by atoms with van der Waals surface area (Å²) in [5.74, 6) is 0.144. The van der Waals surface area contributed by atoms with Crippen LogP contribution in [0.3, 0.4) is 0 Å². The molecule has 1 aromatic carbocycles. The quantitative estimate of drug-likeness (QED) is 0.772. The molecule has 1 unspecified atom stereocenters. The number of hydrogen-bond donors (Lipinski definition) is 1. The summed E-state index contributed by atoms with van der Waals surface area (Å²) >= 11 is 0. The van der Waals surface area contributed by atoms with Gasteiger partial charge in [0.05, 0.1) is 0 Å². The molecule has 2 nitrogen and oxygen atoms in total. The summed E-state index contributed by atoms with van der Waals surface area (Å²) in [6.45, 7) is 3.12. The van der Waals surface area contributed by atoms with Crippen LogP contribution in [0, 0.1) is 0 Å². The summed E-state index contributed by atoms with van der Waals surface area (Å²) in [6, 6.07) is 6.24. The summed E-state index contributed by atoms with van der Waals surface area (Å²) in [5.41, 5.74) is 7.94. The van der Waals surface area contributed by atoms with Gasteiger partial charge in [0.2, 0.25) is 0 Å². The van der Waals surface area contributed by atoms with Gasteiger partial charge in [-0.05, 0) is 30.5 Å². The molecule has 0 aliphatic rings. The molecular formula is C13H17F2NO. The lowest BCUT2D eigenvalue weighted by molar-refractivity contribution is -0.0498. The maximum atomic E-state index is 11.9. The van der Waals surface area contributed by atoms with Crippen LogP contribution in [0.15, 0.2) is 36.4 Å². The van der Waals surface area contributed by atoms with Gasteiger partial charge < -0.3 is 10.5 Å². The first-order chi connectivity index (χ1) is 8.02. The van der Waals surface area contributed by atoms with Crippen molar-refractivity contribution < 1.29 is 13.5 Å². The van der Waals surface area contributed by atoms with Crippen molar-refractivity contribution in [3.63, 3.8) is 0 Å². The molecular weight excluding hydrogens is 224 g/mol. The molecule has 2 N–H and O–H groups in total. The Balaban J connectivity index is 2.63. The SMILES string of the molecule is C=C(CC)CC(N)c1ccc(OC(F)F)cc1. The van der Waals surface area contributed by atoms with Crippen molar-refractivity contribution in [3.8, 4) is 5.75 Å². The summed E-state index contributed by atoms with van der Waals surface area (Å²) in [5, 5.41) is 0. The molecule has 4 heteroatoms. The van der Waals surface area contributed by atoms with E-state index in [1.54, 1.807) is 12.1 Å². The maximum Gasteiger partial charge on any atom is 0.387 e. The highest BCUT2D eigenvalue weighted by Crippen LogP contribution is 2.22. The van der Waals surface area contributed by atoms with Gasteiger partial charge in [-0.15, -0.1) is 0 Å². The molecule has 0 aromatic heterocycles. The molecule has 0 amide bonds. The van der Waals surface area contributed by atoms with Crippen LogP contribution in [-0.4, -0.2) is 6.61 Å². The van der Waals surface area contributed by atoms with Crippen LogP contribution < -0.4 is 10.5 Å². The Hall–Kier alpha value is -1.42. The number of alkyl halides is 2. The standard InChI is InChI=1S/C13H17F2NO/c1-3-9(2)8-12(16)10-4-6-11(7-5-10)17-13(14)15/h4-7,12-13H,2-3,8,16H2,1H3. The third-order valence-electron chi connectivity index (χ3n) is 2.54. The Morgan fingerprint density at radius 2 is 1.94 bits per heavy atom. The molecule has 0 spiro atoms. The first-order valence-electron chi connectivity index (χ1n) is 5.50. The van der Waals surface area contributed by atoms with E-state index in [0.29, 0.717) is 6.42 Å². The fourth-order valence-corrected chi connectivity index (χ4v) is 1.47. The zero-order chi connectivity index (χ0) is 12.8. The monoisotopic (exact) mass is 241 g/mol. The molecule has 0 aliphatic carbocycles. The lowest BCUT2D eigenvalue weighted by atomic mass is 9.99. The van der Waals surface area contributed by atoms with Crippen LogP contribution in [0.5, 0.6) is 5.75 Å². The van der Waals surface area contributed by atoms with Gasteiger partial charge in [-0.3, -0.25) is 0 Å². The van der Waals surface area contributed by atoms with Crippen LogP contribution in [0.4, 0.5) is 8.78 Å². The summed E-state index contributed by atoms with van der Waals surface area (Å²) in [6.07, 6.45) is 1.59. The number of hydrogen-bond acceptors (Lipinski definition) is 2. The Morgan fingerprint density at radius 1 is 1.35 bits per heavy atom. The average molecular weight is 241 g/mol. The number of nitrogens with two attached hydrogens (primary N) is 1. The van der Waals surface area contributed by atoms with Crippen LogP contribution in [0.25, 0.3) is 0 Å². The Morgan fingerprint density at radius 3 is 2.41 bits per heavy atom. The number of halogens is 2. The highest BCUT2D eigenvalue weighted by atomic mass is 19.3. The van der Waals surface area contributed by atoms with Gasteiger partial charge in [-0.1, -0.05) is 31.2 Å². The molecule has 0 saturated carbocycles. The fourth-order valence-electron chi connectivity index (χ4n) is 1.47. The molecule has 0 fully saturated rings.